The maximum atomic E-state index is 13.6. The summed E-state index contributed by atoms with van der Waals surface area (Å²) in [5.41, 5.74) is 2.48. The normalized spacial score (nSPS) is 16.8. The highest BCUT2D eigenvalue weighted by atomic mass is 19.1. The predicted octanol–water partition coefficient (Wildman–Crippen LogP) is 3.42. The molecule has 1 aromatic carbocycles. The Balaban J connectivity index is 1.77. The number of carbonyl (C=O) groups excluding carboxylic acids is 1. The SMILES string of the molecule is Cc1[nH]c2ccc(F)cc2c1C(=O)N1CCN(CC(C)(C)C)CC1. The van der Waals surface area contributed by atoms with Crippen LogP contribution in [0.2, 0.25) is 0 Å². The molecule has 0 saturated carbocycles. The van der Waals surface area contributed by atoms with Gasteiger partial charge in [-0.3, -0.25) is 9.69 Å². The van der Waals surface area contributed by atoms with Crippen LogP contribution in [0.5, 0.6) is 0 Å². The third-order valence-electron chi connectivity index (χ3n) is 4.52. The second-order valence-electron chi connectivity index (χ2n) is 7.94. The predicted molar refractivity (Wildman–Crippen MR) is 94.8 cm³/mol. The second kappa shape index (κ2) is 6.20. The van der Waals surface area contributed by atoms with Crippen molar-refractivity contribution < 1.29 is 9.18 Å². The minimum atomic E-state index is -0.314. The Bertz CT molecular complexity index is 752. The summed E-state index contributed by atoms with van der Waals surface area (Å²) in [5, 5.41) is 0.676. The van der Waals surface area contributed by atoms with Gasteiger partial charge in [0.05, 0.1) is 5.56 Å². The van der Waals surface area contributed by atoms with E-state index in [2.05, 4.69) is 30.7 Å². The van der Waals surface area contributed by atoms with Crippen LogP contribution in [0.4, 0.5) is 4.39 Å². The molecule has 1 saturated heterocycles. The van der Waals surface area contributed by atoms with E-state index in [1.807, 2.05) is 11.8 Å². The molecule has 2 heterocycles. The number of hydrogen-bond donors (Lipinski definition) is 1. The Morgan fingerprint density at radius 2 is 1.88 bits per heavy atom. The van der Waals surface area contributed by atoms with Crippen LogP contribution in [0.1, 0.15) is 36.8 Å². The molecule has 0 unspecified atom stereocenters. The first-order valence-corrected chi connectivity index (χ1v) is 8.54. The van der Waals surface area contributed by atoms with Crippen molar-refractivity contribution in [2.24, 2.45) is 5.41 Å². The van der Waals surface area contributed by atoms with Crippen molar-refractivity contribution in [1.82, 2.24) is 14.8 Å². The van der Waals surface area contributed by atoms with Crippen LogP contribution in [-0.2, 0) is 0 Å². The summed E-state index contributed by atoms with van der Waals surface area (Å²) in [6, 6.07) is 4.55. The molecule has 0 aliphatic carbocycles. The molecule has 24 heavy (non-hydrogen) atoms. The Morgan fingerprint density at radius 3 is 2.50 bits per heavy atom. The molecule has 1 N–H and O–H groups in total. The molecule has 0 atom stereocenters. The third kappa shape index (κ3) is 3.46. The van der Waals surface area contributed by atoms with Gasteiger partial charge in [0.25, 0.3) is 5.91 Å². The van der Waals surface area contributed by atoms with Crippen LogP contribution < -0.4 is 0 Å². The molecule has 1 amide bonds. The maximum absolute atomic E-state index is 13.6. The average molecular weight is 331 g/mol. The van der Waals surface area contributed by atoms with Gasteiger partial charge in [-0.2, -0.15) is 0 Å². The molecule has 1 aliphatic rings. The molecule has 0 spiro atoms. The van der Waals surface area contributed by atoms with Crippen molar-refractivity contribution in [2.75, 3.05) is 32.7 Å². The maximum Gasteiger partial charge on any atom is 0.256 e. The number of aromatic nitrogens is 1. The zero-order chi connectivity index (χ0) is 17.5. The zero-order valence-electron chi connectivity index (χ0n) is 14.9. The van der Waals surface area contributed by atoms with E-state index in [-0.39, 0.29) is 17.1 Å². The van der Waals surface area contributed by atoms with E-state index in [4.69, 9.17) is 0 Å². The monoisotopic (exact) mass is 331 g/mol. The van der Waals surface area contributed by atoms with Gasteiger partial charge in [0.2, 0.25) is 0 Å². The van der Waals surface area contributed by atoms with Gasteiger partial charge < -0.3 is 9.88 Å². The fourth-order valence-electron chi connectivity index (χ4n) is 3.51. The van der Waals surface area contributed by atoms with Gasteiger partial charge >= 0.3 is 0 Å². The number of rotatable bonds is 2. The number of aryl methyl sites for hydroxylation is 1. The summed E-state index contributed by atoms with van der Waals surface area (Å²) >= 11 is 0. The summed E-state index contributed by atoms with van der Waals surface area (Å²) in [7, 11) is 0. The zero-order valence-corrected chi connectivity index (χ0v) is 14.9. The quantitative estimate of drug-likeness (QED) is 0.916. The number of benzene rings is 1. The first kappa shape index (κ1) is 17.0. The molecule has 0 radical (unpaired) electrons. The van der Waals surface area contributed by atoms with Gasteiger partial charge in [-0.1, -0.05) is 20.8 Å². The van der Waals surface area contributed by atoms with Crippen molar-refractivity contribution in [2.45, 2.75) is 27.7 Å². The highest BCUT2D eigenvalue weighted by molar-refractivity contribution is 6.08. The topological polar surface area (TPSA) is 39.3 Å². The number of halogens is 1. The highest BCUT2D eigenvalue weighted by Gasteiger charge is 2.27. The Kier molecular flexibility index (Phi) is 4.38. The van der Waals surface area contributed by atoms with Gasteiger partial charge in [-0.05, 0) is 30.5 Å². The smallest absolute Gasteiger partial charge is 0.256 e. The second-order valence-corrected chi connectivity index (χ2v) is 7.94. The summed E-state index contributed by atoms with van der Waals surface area (Å²) < 4.78 is 13.6. The molecule has 1 fully saturated rings. The van der Waals surface area contributed by atoms with E-state index in [0.717, 1.165) is 43.9 Å². The number of hydrogen-bond acceptors (Lipinski definition) is 2. The van der Waals surface area contributed by atoms with Gasteiger partial charge in [-0.25, -0.2) is 4.39 Å². The number of amides is 1. The van der Waals surface area contributed by atoms with Crippen LogP contribution in [0.15, 0.2) is 18.2 Å². The van der Waals surface area contributed by atoms with E-state index in [0.29, 0.717) is 10.9 Å². The molecule has 130 valence electrons. The van der Waals surface area contributed by atoms with Crippen LogP contribution in [-0.4, -0.2) is 53.4 Å². The molecule has 1 aliphatic heterocycles. The van der Waals surface area contributed by atoms with E-state index in [1.165, 1.54) is 12.1 Å². The van der Waals surface area contributed by atoms with Crippen LogP contribution in [0.3, 0.4) is 0 Å². The van der Waals surface area contributed by atoms with Crippen molar-refractivity contribution in [3.8, 4) is 0 Å². The van der Waals surface area contributed by atoms with Crippen molar-refractivity contribution in [3.63, 3.8) is 0 Å². The number of piperazine rings is 1. The van der Waals surface area contributed by atoms with E-state index in [1.54, 1.807) is 6.07 Å². The molecule has 2 aromatic rings. The summed E-state index contributed by atoms with van der Waals surface area (Å²) in [4.78, 5) is 20.5. The number of H-pyrrole nitrogens is 1. The Labute approximate surface area is 142 Å². The molecule has 0 bridgehead atoms. The van der Waals surface area contributed by atoms with E-state index >= 15 is 0 Å². The molecule has 1 aromatic heterocycles. The fourth-order valence-corrected chi connectivity index (χ4v) is 3.51. The molecular weight excluding hydrogens is 305 g/mol. The largest absolute Gasteiger partial charge is 0.358 e. The molecule has 3 rings (SSSR count). The first-order chi connectivity index (χ1) is 11.2. The standard InChI is InChI=1S/C19H26FN3O/c1-13-17(15-11-14(20)5-6-16(15)21-13)18(24)23-9-7-22(8-10-23)12-19(2,3)4/h5-6,11,21H,7-10,12H2,1-4H3. The molecule has 5 heteroatoms. The summed E-state index contributed by atoms with van der Waals surface area (Å²) in [6.07, 6.45) is 0. The molecule has 4 nitrogen and oxygen atoms in total. The van der Waals surface area contributed by atoms with Crippen LogP contribution >= 0.6 is 0 Å². The molecular formula is C19H26FN3O. The van der Waals surface area contributed by atoms with E-state index < -0.39 is 0 Å². The number of aromatic amines is 1. The van der Waals surface area contributed by atoms with Gasteiger partial charge in [0.15, 0.2) is 0 Å². The Morgan fingerprint density at radius 1 is 1.21 bits per heavy atom. The number of fused-ring (bicyclic) bond motifs is 1. The lowest BCUT2D eigenvalue weighted by Crippen LogP contribution is -2.50. The minimum absolute atomic E-state index is 0.000223. The number of carbonyl (C=O) groups is 1. The summed E-state index contributed by atoms with van der Waals surface area (Å²) in [5.74, 6) is -0.315. The van der Waals surface area contributed by atoms with Gasteiger partial charge in [-0.15, -0.1) is 0 Å². The number of nitrogens with zero attached hydrogens (tertiary/aromatic N) is 2. The van der Waals surface area contributed by atoms with Crippen molar-refractivity contribution in [3.05, 3.63) is 35.3 Å². The van der Waals surface area contributed by atoms with Gasteiger partial charge in [0.1, 0.15) is 5.82 Å². The Hall–Kier alpha value is -1.88. The van der Waals surface area contributed by atoms with Crippen molar-refractivity contribution in [1.29, 1.82) is 0 Å². The highest BCUT2D eigenvalue weighted by Crippen LogP contribution is 2.25. The van der Waals surface area contributed by atoms with E-state index in [9.17, 15) is 9.18 Å². The van der Waals surface area contributed by atoms with Crippen molar-refractivity contribution >= 4 is 16.8 Å². The first-order valence-electron chi connectivity index (χ1n) is 8.54. The third-order valence-corrected chi connectivity index (χ3v) is 4.52. The van der Waals surface area contributed by atoms with Gasteiger partial charge in [0, 0.05) is 49.3 Å². The van der Waals surface area contributed by atoms with Crippen LogP contribution in [0.25, 0.3) is 10.9 Å². The lowest BCUT2D eigenvalue weighted by Gasteiger charge is -2.37. The fraction of sp³-hybridized carbons (Fsp3) is 0.526. The van der Waals surface area contributed by atoms with Crippen LogP contribution in [0, 0.1) is 18.2 Å². The lowest BCUT2D eigenvalue weighted by molar-refractivity contribution is 0.0593. The lowest BCUT2D eigenvalue weighted by atomic mass is 9.96. The summed E-state index contributed by atoms with van der Waals surface area (Å²) in [6.45, 7) is 12.8. The average Bonchev–Trinajstić information content (AvgIpc) is 2.81. The number of nitrogens with one attached hydrogen (secondary N) is 1. The minimum Gasteiger partial charge on any atom is -0.358 e.